The van der Waals surface area contributed by atoms with Gasteiger partial charge >= 0.3 is 0 Å². The molecule has 4 heteroatoms. The fourth-order valence-electron chi connectivity index (χ4n) is 2.11. The average molecular weight is 232 g/mol. The molecule has 3 unspecified atom stereocenters. The Morgan fingerprint density at radius 2 is 2.27 bits per heavy atom. The highest BCUT2D eigenvalue weighted by Gasteiger charge is 2.28. The molecule has 0 spiro atoms. The van der Waals surface area contributed by atoms with Crippen LogP contribution in [0, 0.1) is 0 Å². The van der Waals surface area contributed by atoms with Gasteiger partial charge in [0.1, 0.15) is 0 Å². The summed E-state index contributed by atoms with van der Waals surface area (Å²) in [6.45, 7) is 7.00. The molecule has 0 saturated carbocycles. The van der Waals surface area contributed by atoms with E-state index in [4.69, 9.17) is 10.5 Å². The first kappa shape index (κ1) is 13.3. The lowest BCUT2D eigenvalue weighted by molar-refractivity contribution is -0.0649. The Bertz CT molecular complexity index is 180. The zero-order valence-electron chi connectivity index (χ0n) is 10.1. The molecule has 0 aromatic carbocycles. The van der Waals surface area contributed by atoms with Crippen molar-refractivity contribution in [2.24, 2.45) is 5.73 Å². The van der Waals surface area contributed by atoms with Gasteiger partial charge in [0.15, 0.2) is 0 Å². The predicted molar refractivity (Wildman–Crippen MR) is 67.4 cm³/mol. The quantitative estimate of drug-likeness (QED) is 0.772. The number of rotatable bonds is 5. The maximum atomic E-state index is 5.86. The van der Waals surface area contributed by atoms with Gasteiger partial charge in [0.2, 0.25) is 0 Å². The van der Waals surface area contributed by atoms with Crippen molar-refractivity contribution in [1.29, 1.82) is 0 Å². The summed E-state index contributed by atoms with van der Waals surface area (Å²) in [6, 6.07) is 1.04. The molecule has 0 bridgehead atoms. The first-order valence-electron chi connectivity index (χ1n) is 5.75. The van der Waals surface area contributed by atoms with Gasteiger partial charge in [-0.3, -0.25) is 4.90 Å². The molecular formula is C11H24N2OS. The minimum absolute atomic E-state index is 0.351. The van der Waals surface area contributed by atoms with Crippen LogP contribution in [-0.4, -0.2) is 54.8 Å². The summed E-state index contributed by atoms with van der Waals surface area (Å²) in [5, 5.41) is 0. The second-order valence-corrected chi connectivity index (χ2v) is 5.35. The molecule has 1 aliphatic heterocycles. The molecule has 1 heterocycles. The number of hydrogen-bond acceptors (Lipinski definition) is 4. The summed E-state index contributed by atoms with van der Waals surface area (Å²) in [5.41, 5.74) is 5.86. The molecule has 0 aromatic rings. The molecule has 3 nitrogen and oxygen atoms in total. The van der Waals surface area contributed by atoms with Crippen LogP contribution in [0.1, 0.15) is 20.3 Å². The van der Waals surface area contributed by atoms with E-state index < -0.39 is 0 Å². The molecule has 0 aliphatic carbocycles. The fraction of sp³-hybridized carbons (Fsp3) is 1.00. The number of ether oxygens (including phenoxy) is 1. The van der Waals surface area contributed by atoms with Crippen molar-refractivity contribution in [3.05, 3.63) is 0 Å². The van der Waals surface area contributed by atoms with Gasteiger partial charge in [-0.1, -0.05) is 0 Å². The van der Waals surface area contributed by atoms with Crippen molar-refractivity contribution < 1.29 is 4.74 Å². The normalized spacial score (nSPS) is 30.4. The summed E-state index contributed by atoms with van der Waals surface area (Å²) in [6.07, 6.45) is 3.69. The maximum absolute atomic E-state index is 5.86. The minimum Gasteiger partial charge on any atom is -0.376 e. The summed E-state index contributed by atoms with van der Waals surface area (Å²) in [4.78, 5) is 2.52. The van der Waals surface area contributed by atoms with E-state index in [9.17, 15) is 0 Å². The molecule has 2 N–H and O–H groups in total. The van der Waals surface area contributed by atoms with Crippen LogP contribution in [0.2, 0.25) is 0 Å². The first-order valence-corrected chi connectivity index (χ1v) is 7.14. The third-order valence-electron chi connectivity index (χ3n) is 3.05. The Hall–Kier alpha value is 0.230. The molecule has 0 amide bonds. The van der Waals surface area contributed by atoms with E-state index in [1.165, 1.54) is 12.2 Å². The summed E-state index contributed by atoms with van der Waals surface area (Å²) in [5.74, 6) is 1.19. The van der Waals surface area contributed by atoms with Crippen LogP contribution in [0.5, 0.6) is 0 Å². The topological polar surface area (TPSA) is 38.5 Å². The SMILES string of the molecule is CSCCC(CN)N1CC(C)OCC1C. The third-order valence-corrected chi connectivity index (χ3v) is 3.70. The lowest BCUT2D eigenvalue weighted by Gasteiger charge is -2.41. The van der Waals surface area contributed by atoms with Gasteiger partial charge in [-0.2, -0.15) is 11.8 Å². The zero-order chi connectivity index (χ0) is 11.3. The lowest BCUT2D eigenvalue weighted by Crippen LogP contribution is -2.54. The third kappa shape index (κ3) is 3.94. The molecule has 0 aromatic heterocycles. The molecule has 0 radical (unpaired) electrons. The lowest BCUT2D eigenvalue weighted by atomic mass is 10.1. The van der Waals surface area contributed by atoms with Gasteiger partial charge in [0.25, 0.3) is 0 Å². The van der Waals surface area contributed by atoms with Gasteiger partial charge < -0.3 is 10.5 Å². The molecule has 3 atom stereocenters. The molecule has 1 rings (SSSR count). The maximum Gasteiger partial charge on any atom is 0.0674 e. The van der Waals surface area contributed by atoms with Crippen molar-refractivity contribution >= 4 is 11.8 Å². The number of thioether (sulfide) groups is 1. The van der Waals surface area contributed by atoms with E-state index in [0.29, 0.717) is 18.2 Å². The highest BCUT2D eigenvalue weighted by atomic mass is 32.2. The van der Waals surface area contributed by atoms with Crippen molar-refractivity contribution in [2.45, 2.75) is 38.5 Å². The van der Waals surface area contributed by atoms with E-state index in [2.05, 4.69) is 25.0 Å². The Labute approximate surface area is 97.7 Å². The van der Waals surface area contributed by atoms with Gasteiger partial charge in [-0.15, -0.1) is 0 Å². The number of nitrogens with two attached hydrogens (primary N) is 1. The van der Waals surface area contributed by atoms with E-state index >= 15 is 0 Å². The van der Waals surface area contributed by atoms with E-state index in [1.807, 2.05) is 11.8 Å². The number of nitrogens with zero attached hydrogens (tertiary/aromatic N) is 1. The van der Waals surface area contributed by atoms with Crippen LogP contribution >= 0.6 is 11.8 Å². The second-order valence-electron chi connectivity index (χ2n) is 4.36. The molecule has 1 aliphatic rings. The Balaban J connectivity index is 2.48. The van der Waals surface area contributed by atoms with Crippen LogP contribution in [0.4, 0.5) is 0 Å². The smallest absolute Gasteiger partial charge is 0.0674 e. The highest BCUT2D eigenvalue weighted by molar-refractivity contribution is 7.98. The number of morpholine rings is 1. The van der Waals surface area contributed by atoms with E-state index in [1.54, 1.807) is 0 Å². The standard InChI is InChI=1S/C11H24N2OS/c1-9-8-14-10(2)7-13(9)11(6-12)4-5-15-3/h9-11H,4-8,12H2,1-3H3. The van der Waals surface area contributed by atoms with Crippen LogP contribution in [0.3, 0.4) is 0 Å². The Kier molecular flexibility index (Phi) is 5.97. The molecular weight excluding hydrogens is 208 g/mol. The van der Waals surface area contributed by atoms with Gasteiger partial charge in [-0.05, 0) is 32.3 Å². The Morgan fingerprint density at radius 3 is 2.87 bits per heavy atom. The van der Waals surface area contributed by atoms with Crippen molar-refractivity contribution in [3.63, 3.8) is 0 Å². The molecule has 1 fully saturated rings. The van der Waals surface area contributed by atoms with Gasteiger partial charge in [0.05, 0.1) is 12.7 Å². The predicted octanol–water partition coefficient (Wildman–Crippen LogP) is 1.18. The minimum atomic E-state index is 0.351. The monoisotopic (exact) mass is 232 g/mol. The number of hydrogen-bond donors (Lipinski definition) is 1. The zero-order valence-corrected chi connectivity index (χ0v) is 10.9. The summed E-state index contributed by atoms with van der Waals surface area (Å²) >= 11 is 1.90. The van der Waals surface area contributed by atoms with Crippen molar-refractivity contribution in [3.8, 4) is 0 Å². The van der Waals surface area contributed by atoms with Crippen LogP contribution in [0.25, 0.3) is 0 Å². The van der Waals surface area contributed by atoms with Gasteiger partial charge in [-0.25, -0.2) is 0 Å². The van der Waals surface area contributed by atoms with Crippen LogP contribution in [-0.2, 0) is 4.74 Å². The Morgan fingerprint density at radius 1 is 1.53 bits per heavy atom. The average Bonchev–Trinajstić information content (AvgIpc) is 2.24. The molecule has 90 valence electrons. The van der Waals surface area contributed by atoms with Gasteiger partial charge in [0, 0.05) is 25.2 Å². The van der Waals surface area contributed by atoms with Crippen LogP contribution in [0.15, 0.2) is 0 Å². The van der Waals surface area contributed by atoms with Crippen molar-refractivity contribution in [2.75, 3.05) is 31.7 Å². The van der Waals surface area contributed by atoms with Crippen LogP contribution < -0.4 is 5.73 Å². The largest absolute Gasteiger partial charge is 0.376 e. The second kappa shape index (κ2) is 6.74. The molecule has 1 saturated heterocycles. The summed E-state index contributed by atoms with van der Waals surface area (Å²) < 4.78 is 5.63. The summed E-state index contributed by atoms with van der Waals surface area (Å²) in [7, 11) is 0. The van der Waals surface area contributed by atoms with E-state index in [-0.39, 0.29) is 0 Å². The van der Waals surface area contributed by atoms with Crippen molar-refractivity contribution in [1.82, 2.24) is 4.90 Å². The first-order chi connectivity index (χ1) is 7.19. The van der Waals surface area contributed by atoms with E-state index in [0.717, 1.165) is 19.7 Å². The molecule has 15 heavy (non-hydrogen) atoms. The fourth-order valence-corrected chi connectivity index (χ4v) is 2.62. The highest BCUT2D eigenvalue weighted by Crippen LogP contribution is 2.17.